The molecule has 7 heteroatoms. The number of aliphatic carboxylic acids is 1. The van der Waals surface area contributed by atoms with E-state index in [1.54, 1.807) is 18.9 Å². The molecular weight excluding hydrogens is 274 g/mol. The second-order valence-corrected chi connectivity index (χ2v) is 5.38. The molecule has 0 aromatic carbocycles. The number of likely N-dealkylation sites (tertiary alicyclic amines) is 1. The van der Waals surface area contributed by atoms with Crippen LogP contribution >= 0.6 is 0 Å². The molecule has 0 aliphatic carbocycles. The first-order valence-corrected chi connectivity index (χ1v) is 7.42. The van der Waals surface area contributed by atoms with Crippen molar-refractivity contribution in [2.75, 3.05) is 26.7 Å². The summed E-state index contributed by atoms with van der Waals surface area (Å²) in [6.07, 6.45) is 2.43. The normalized spacial score (nSPS) is 19.8. The van der Waals surface area contributed by atoms with E-state index in [0.717, 1.165) is 12.8 Å². The van der Waals surface area contributed by atoms with Crippen LogP contribution in [0.1, 0.15) is 33.1 Å². The number of likely N-dealkylation sites (N-methyl/N-ethyl adjacent to an activating group) is 1. The lowest BCUT2D eigenvalue weighted by Crippen LogP contribution is -2.56. The zero-order valence-electron chi connectivity index (χ0n) is 13.0. The molecule has 1 rings (SSSR count). The molecule has 1 aliphatic heterocycles. The van der Waals surface area contributed by atoms with E-state index in [0.29, 0.717) is 19.5 Å². The first-order valence-electron chi connectivity index (χ1n) is 7.42. The molecule has 1 heterocycles. The molecule has 0 spiro atoms. The van der Waals surface area contributed by atoms with Crippen molar-refractivity contribution in [2.24, 2.45) is 5.92 Å². The fourth-order valence-corrected chi connectivity index (χ4v) is 2.53. The van der Waals surface area contributed by atoms with E-state index in [9.17, 15) is 14.4 Å². The number of carbonyl (C=O) groups excluding carboxylic acids is 2. The van der Waals surface area contributed by atoms with Gasteiger partial charge in [0.15, 0.2) is 0 Å². The Labute approximate surface area is 125 Å². The van der Waals surface area contributed by atoms with Gasteiger partial charge in [-0.2, -0.15) is 0 Å². The highest BCUT2D eigenvalue weighted by molar-refractivity contribution is 5.87. The van der Waals surface area contributed by atoms with Crippen LogP contribution in [0.4, 0.5) is 4.79 Å². The van der Waals surface area contributed by atoms with Crippen molar-refractivity contribution in [1.82, 2.24) is 15.1 Å². The van der Waals surface area contributed by atoms with Crippen molar-refractivity contribution in [3.05, 3.63) is 0 Å². The monoisotopic (exact) mass is 299 g/mol. The van der Waals surface area contributed by atoms with Gasteiger partial charge in [-0.1, -0.05) is 6.92 Å². The highest BCUT2D eigenvalue weighted by Crippen LogP contribution is 2.19. The van der Waals surface area contributed by atoms with Gasteiger partial charge in [0.1, 0.15) is 6.04 Å². The maximum atomic E-state index is 12.6. The van der Waals surface area contributed by atoms with Crippen LogP contribution in [0.15, 0.2) is 0 Å². The Morgan fingerprint density at radius 1 is 1.38 bits per heavy atom. The summed E-state index contributed by atoms with van der Waals surface area (Å²) in [4.78, 5) is 38.5. The van der Waals surface area contributed by atoms with E-state index < -0.39 is 17.9 Å². The first kappa shape index (κ1) is 17.3. The number of hydrogen-bond donors (Lipinski definition) is 2. The quantitative estimate of drug-likeness (QED) is 0.784. The predicted molar refractivity (Wildman–Crippen MR) is 77.9 cm³/mol. The van der Waals surface area contributed by atoms with Gasteiger partial charge < -0.3 is 20.2 Å². The van der Waals surface area contributed by atoms with Gasteiger partial charge in [-0.05, 0) is 26.2 Å². The number of carboxylic acid groups (broad SMARTS) is 1. The van der Waals surface area contributed by atoms with Crippen molar-refractivity contribution in [3.63, 3.8) is 0 Å². The van der Waals surface area contributed by atoms with Crippen LogP contribution in [0.3, 0.4) is 0 Å². The molecule has 2 atom stereocenters. The van der Waals surface area contributed by atoms with Crippen molar-refractivity contribution >= 4 is 17.9 Å². The van der Waals surface area contributed by atoms with E-state index in [1.165, 1.54) is 4.90 Å². The van der Waals surface area contributed by atoms with Gasteiger partial charge in [0.05, 0.1) is 5.92 Å². The summed E-state index contributed by atoms with van der Waals surface area (Å²) in [5, 5.41) is 11.6. The summed E-state index contributed by atoms with van der Waals surface area (Å²) in [6.45, 7) is 4.50. The maximum Gasteiger partial charge on any atom is 0.320 e. The van der Waals surface area contributed by atoms with Gasteiger partial charge in [0.25, 0.3) is 0 Å². The average molecular weight is 299 g/mol. The van der Waals surface area contributed by atoms with Gasteiger partial charge >= 0.3 is 12.0 Å². The summed E-state index contributed by atoms with van der Waals surface area (Å²) >= 11 is 0. The van der Waals surface area contributed by atoms with Gasteiger partial charge in [-0.15, -0.1) is 0 Å². The van der Waals surface area contributed by atoms with Crippen LogP contribution in [-0.4, -0.2) is 65.5 Å². The molecule has 1 aliphatic rings. The third-order valence-corrected chi connectivity index (χ3v) is 3.87. The summed E-state index contributed by atoms with van der Waals surface area (Å²) in [5.41, 5.74) is 0. The molecule has 1 saturated heterocycles. The number of piperidine rings is 1. The molecule has 21 heavy (non-hydrogen) atoms. The number of amides is 3. The molecule has 3 amide bonds. The van der Waals surface area contributed by atoms with Gasteiger partial charge in [0.2, 0.25) is 5.91 Å². The van der Waals surface area contributed by atoms with Crippen LogP contribution in [0.5, 0.6) is 0 Å². The second kappa shape index (κ2) is 7.85. The Balaban J connectivity index is 2.80. The number of carboxylic acids is 1. The number of rotatable bonds is 5. The summed E-state index contributed by atoms with van der Waals surface area (Å²) < 4.78 is 0. The minimum Gasteiger partial charge on any atom is -0.481 e. The van der Waals surface area contributed by atoms with E-state index in [1.807, 2.05) is 6.92 Å². The maximum absolute atomic E-state index is 12.6. The Bertz CT molecular complexity index is 400. The predicted octanol–water partition coefficient (Wildman–Crippen LogP) is 0.750. The Morgan fingerprint density at radius 3 is 2.57 bits per heavy atom. The third-order valence-electron chi connectivity index (χ3n) is 3.87. The first-order chi connectivity index (χ1) is 9.92. The molecular formula is C14H25N3O4. The second-order valence-electron chi connectivity index (χ2n) is 5.38. The van der Waals surface area contributed by atoms with Crippen LogP contribution in [-0.2, 0) is 9.59 Å². The highest BCUT2D eigenvalue weighted by Gasteiger charge is 2.34. The molecule has 2 unspecified atom stereocenters. The zero-order valence-corrected chi connectivity index (χ0v) is 13.0. The highest BCUT2D eigenvalue weighted by atomic mass is 16.4. The minimum atomic E-state index is -0.928. The molecule has 0 aromatic heterocycles. The number of nitrogens with zero attached hydrogens (tertiary/aromatic N) is 2. The number of carbonyl (C=O) groups is 3. The topological polar surface area (TPSA) is 90.0 Å². The molecule has 2 N–H and O–H groups in total. The van der Waals surface area contributed by atoms with E-state index >= 15 is 0 Å². The van der Waals surface area contributed by atoms with E-state index in [-0.39, 0.29) is 18.5 Å². The van der Waals surface area contributed by atoms with Crippen LogP contribution in [0, 0.1) is 5.92 Å². The van der Waals surface area contributed by atoms with E-state index in [2.05, 4.69) is 5.32 Å². The van der Waals surface area contributed by atoms with Crippen molar-refractivity contribution in [1.29, 1.82) is 0 Å². The van der Waals surface area contributed by atoms with Crippen LogP contribution in [0.25, 0.3) is 0 Å². The number of urea groups is 1. The van der Waals surface area contributed by atoms with Crippen LogP contribution in [0.2, 0.25) is 0 Å². The lowest BCUT2D eigenvalue weighted by Gasteiger charge is -2.38. The lowest BCUT2D eigenvalue weighted by molar-refractivity contribution is -0.141. The standard InChI is InChI=1S/C14H25N3O4/c1-4-16(9-10(2)13(19)20)14(21)17-8-6-5-7-11(17)12(18)15-3/h10-11H,4-9H2,1-3H3,(H,15,18)(H,19,20). The molecule has 0 radical (unpaired) electrons. The molecule has 0 aromatic rings. The van der Waals surface area contributed by atoms with Gasteiger partial charge in [-0.25, -0.2) is 4.79 Å². The third kappa shape index (κ3) is 4.34. The summed E-state index contributed by atoms with van der Waals surface area (Å²) in [5.74, 6) is -1.72. The largest absolute Gasteiger partial charge is 0.481 e. The summed E-state index contributed by atoms with van der Waals surface area (Å²) in [7, 11) is 1.56. The van der Waals surface area contributed by atoms with Crippen molar-refractivity contribution in [3.8, 4) is 0 Å². The number of nitrogens with one attached hydrogen (secondary N) is 1. The lowest BCUT2D eigenvalue weighted by atomic mass is 10.0. The number of hydrogen-bond acceptors (Lipinski definition) is 3. The molecule has 1 fully saturated rings. The SMILES string of the molecule is CCN(CC(C)C(=O)O)C(=O)N1CCCCC1C(=O)NC. The average Bonchev–Trinajstić information content (AvgIpc) is 2.50. The van der Waals surface area contributed by atoms with Crippen LogP contribution < -0.4 is 5.32 Å². The summed E-state index contributed by atoms with van der Waals surface area (Å²) in [6, 6.07) is -0.704. The fraction of sp³-hybridized carbons (Fsp3) is 0.786. The molecule has 0 bridgehead atoms. The smallest absolute Gasteiger partial charge is 0.320 e. The molecule has 120 valence electrons. The van der Waals surface area contributed by atoms with Crippen molar-refractivity contribution in [2.45, 2.75) is 39.2 Å². The van der Waals surface area contributed by atoms with E-state index in [4.69, 9.17) is 5.11 Å². The Hall–Kier alpha value is -1.79. The van der Waals surface area contributed by atoms with Gasteiger partial charge in [0, 0.05) is 26.7 Å². The zero-order chi connectivity index (χ0) is 16.0. The fourth-order valence-electron chi connectivity index (χ4n) is 2.53. The molecule has 0 saturated carbocycles. The Morgan fingerprint density at radius 2 is 2.05 bits per heavy atom. The van der Waals surface area contributed by atoms with Gasteiger partial charge in [-0.3, -0.25) is 9.59 Å². The Kier molecular flexibility index (Phi) is 6.45. The van der Waals surface area contributed by atoms with Crippen molar-refractivity contribution < 1.29 is 19.5 Å². The molecule has 7 nitrogen and oxygen atoms in total. The minimum absolute atomic E-state index is 0.154.